The monoisotopic (exact) mass is 828 g/mol. The lowest BCUT2D eigenvalue weighted by Crippen LogP contribution is -2.57. The van der Waals surface area contributed by atoms with E-state index < -0.39 is 0 Å². The van der Waals surface area contributed by atoms with Crippen LogP contribution >= 0.6 is 22.7 Å². The van der Waals surface area contributed by atoms with E-state index in [2.05, 4.69) is 202 Å². The number of rotatable bonds is 2. The normalized spacial score (nSPS) is 14.6. The van der Waals surface area contributed by atoms with E-state index in [0.717, 1.165) is 0 Å². The van der Waals surface area contributed by atoms with Gasteiger partial charge in [-0.25, -0.2) is 0 Å². The van der Waals surface area contributed by atoms with Gasteiger partial charge in [-0.2, -0.15) is 0 Å². The van der Waals surface area contributed by atoms with Gasteiger partial charge < -0.3 is 9.38 Å². The molecule has 0 saturated carbocycles. The van der Waals surface area contributed by atoms with E-state index in [1.54, 1.807) is 0 Å². The van der Waals surface area contributed by atoms with Gasteiger partial charge in [-0.05, 0) is 74.5 Å². The second-order valence-corrected chi connectivity index (χ2v) is 21.3. The summed E-state index contributed by atoms with van der Waals surface area (Å²) in [6.45, 7) is 11.8. The molecule has 2 aliphatic heterocycles. The van der Waals surface area contributed by atoms with E-state index in [9.17, 15) is 0 Å². The molecule has 2 nitrogen and oxygen atoms in total. The summed E-state index contributed by atoms with van der Waals surface area (Å²) in [4.78, 5) is 2.72. The molecule has 5 heterocycles. The number of hydrogen-bond donors (Lipinski definition) is 0. The maximum absolute atomic E-state index is 2.78. The highest BCUT2D eigenvalue weighted by molar-refractivity contribution is 7.27. The Morgan fingerprint density at radius 2 is 1.21 bits per heavy atom. The van der Waals surface area contributed by atoms with Crippen LogP contribution in [-0.2, 0) is 10.8 Å². The molecule has 5 heteroatoms. The number of nitrogens with zero attached hydrogens (tertiary/aromatic N) is 2. The van der Waals surface area contributed by atoms with Gasteiger partial charge in [0, 0.05) is 74.5 Å². The van der Waals surface area contributed by atoms with Gasteiger partial charge in [0.1, 0.15) is 0 Å². The van der Waals surface area contributed by atoms with E-state index in [-0.39, 0.29) is 17.7 Å². The van der Waals surface area contributed by atoms with Gasteiger partial charge in [-0.15, -0.1) is 22.7 Å². The molecule has 62 heavy (non-hydrogen) atoms. The van der Waals surface area contributed by atoms with Gasteiger partial charge in [-0.1, -0.05) is 162 Å². The summed E-state index contributed by atoms with van der Waals surface area (Å²) in [5.74, 6) is 0. The van der Waals surface area contributed by atoms with Crippen LogP contribution in [0.4, 0.5) is 17.1 Å². The van der Waals surface area contributed by atoms with Crippen molar-refractivity contribution in [1.29, 1.82) is 0 Å². The molecule has 0 fully saturated rings. The lowest BCUT2D eigenvalue weighted by atomic mass is 9.44. The van der Waals surface area contributed by atoms with Gasteiger partial charge in [-0.3, -0.25) is 0 Å². The average Bonchev–Trinajstić information content (AvgIpc) is 4.01. The third kappa shape index (κ3) is 4.35. The Labute approximate surface area is 369 Å². The molecule has 8 aromatic carbocycles. The topological polar surface area (TPSA) is 8.17 Å². The average molecular weight is 829 g/mol. The standard InChI is InChI=1S/C57H41BN2S2/c1-56(2,3)33-26-29-44(39(30-33)32-16-7-6-8-17-32)59-45-31-40-34-18-10-13-24-46(34)61-54(40)49-37-21-15-22-38-51(37)60(52-36-20-11-14-25-47(36)62-55(38)52)58(50(45)49)43-28-27-42-48(53(43)59)35-19-9-12-23-41(35)57(42,4)5/h6-31H,1-5H3. The molecule has 0 spiro atoms. The SMILES string of the molecule is CC(C)(C)c1ccc(N2c3cc4c(sc5ccccc54)c4c3B(c3ccc5c(c32)-c2ccccc2C5(C)C)n2c3c-4cccc3c3sc4ccccc4c32)c(-c2ccccc2)c1. The maximum Gasteiger partial charge on any atom is 0.333 e. The lowest BCUT2D eigenvalue weighted by molar-refractivity contribution is 0.590. The molecule has 3 aliphatic rings. The number of anilines is 3. The highest BCUT2D eigenvalue weighted by Crippen LogP contribution is 2.58. The maximum atomic E-state index is 2.78. The zero-order valence-electron chi connectivity index (χ0n) is 35.3. The second kappa shape index (κ2) is 11.9. The van der Waals surface area contributed by atoms with Crippen molar-refractivity contribution in [1.82, 2.24) is 4.48 Å². The number of thiophene rings is 2. The molecule has 0 atom stereocenters. The molecule has 1 aliphatic carbocycles. The Kier molecular flexibility index (Phi) is 6.79. The highest BCUT2D eigenvalue weighted by atomic mass is 32.1. The first-order valence-corrected chi connectivity index (χ1v) is 23.5. The van der Waals surface area contributed by atoms with Crippen molar-refractivity contribution in [2.45, 2.75) is 45.4 Å². The van der Waals surface area contributed by atoms with Crippen molar-refractivity contribution in [2.24, 2.45) is 0 Å². The molecular weight excluding hydrogens is 788 g/mol. The highest BCUT2D eigenvalue weighted by Gasteiger charge is 2.48. The van der Waals surface area contributed by atoms with Crippen LogP contribution in [0.3, 0.4) is 0 Å². The fourth-order valence-electron chi connectivity index (χ4n) is 11.7. The molecule has 0 radical (unpaired) electrons. The summed E-state index contributed by atoms with van der Waals surface area (Å²) in [5, 5.41) is 5.34. The Balaban J connectivity index is 1.23. The first-order chi connectivity index (χ1) is 30.2. The van der Waals surface area contributed by atoms with E-state index in [1.807, 2.05) is 22.7 Å². The smallest absolute Gasteiger partial charge is 0.333 e. The van der Waals surface area contributed by atoms with Crippen LogP contribution in [-0.4, -0.2) is 11.3 Å². The lowest BCUT2D eigenvalue weighted by Gasteiger charge is -2.42. The third-order valence-electron chi connectivity index (χ3n) is 14.5. The molecular formula is C57H41BN2S2. The van der Waals surface area contributed by atoms with E-state index in [1.165, 1.54) is 129 Å². The summed E-state index contributed by atoms with van der Waals surface area (Å²) in [5.41, 5.74) is 21.1. The van der Waals surface area contributed by atoms with Crippen molar-refractivity contribution < 1.29 is 0 Å². The van der Waals surface area contributed by atoms with Crippen molar-refractivity contribution in [2.75, 3.05) is 4.90 Å². The Bertz CT molecular complexity index is 3780. The number of fused-ring (bicyclic) bond motifs is 17. The molecule has 0 saturated heterocycles. The van der Waals surface area contributed by atoms with Crippen LogP contribution < -0.4 is 15.8 Å². The minimum Gasteiger partial charge on any atom is -0.374 e. The number of hydrogen-bond acceptors (Lipinski definition) is 3. The van der Waals surface area contributed by atoms with Gasteiger partial charge in [0.15, 0.2) is 0 Å². The molecule has 11 aromatic rings. The molecule has 0 bridgehead atoms. The quantitative estimate of drug-likeness (QED) is 0.158. The zero-order valence-corrected chi connectivity index (χ0v) is 36.9. The predicted molar refractivity (Wildman–Crippen MR) is 270 cm³/mol. The molecule has 14 rings (SSSR count). The number of aromatic nitrogens is 1. The van der Waals surface area contributed by atoms with Crippen molar-refractivity contribution in [3.63, 3.8) is 0 Å². The van der Waals surface area contributed by atoms with Crippen LogP contribution in [0.25, 0.3) is 84.8 Å². The summed E-state index contributed by atoms with van der Waals surface area (Å²) in [6.07, 6.45) is 0. The molecule has 294 valence electrons. The van der Waals surface area contributed by atoms with E-state index in [4.69, 9.17) is 0 Å². The molecule has 0 N–H and O–H groups in total. The minimum atomic E-state index is -0.166. The number of para-hydroxylation sites is 1. The fourth-order valence-corrected chi connectivity index (χ4v) is 14.2. The Hall–Kier alpha value is -6.40. The first kappa shape index (κ1) is 35.2. The van der Waals surface area contributed by atoms with Gasteiger partial charge in [0.25, 0.3) is 0 Å². The summed E-state index contributed by atoms with van der Waals surface area (Å²) < 4.78 is 8.21. The number of benzene rings is 8. The summed E-state index contributed by atoms with van der Waals surface area (Å²) in [7, 11) is 0. The van der Waals surface area contributed by atoms with Crippen LogP contribution in [0, 0.1) is 0 Å². The van der Waals surface area contributed by atoms with Gasteiger partial charge >= 0.3 is 6.85 Å². The largest absolute Gasteiger partial charge is 0.374 e. The summed E-state index contributed by atoms with van der Waals surface area (Å²) in [6, 6.07) is 60.5. The third-order valence-corrected chi connectivity index (χ3v) is 16.9. The first-order valence-electron chi connectivity index (χ1n) is 21.9. The summed E-state index contributed by atoms with van der Waals surface area (Å²) >= 11 is 3.91. The molecule has 0 unspecified atom stereocenters. The van der Waals surface area contributed by atoms with Crippen LogP contribution in [0.1, 0.15) is 51.3 Å². The van der Waals surface area contributed by atoms with Crippen molar-refractivity contribution in [3.8, 4) is 33.4 Å². The van der Waals surface area contributed by atoms with Crippen molar-refractivity contribution in [3.05, 3.63) is 174 Å². The second-order valence-electron chi connectivity index (χ2n) is 19.2. The van der Waals surface area contributed by atoms with Crippen LogP contribution in [0.15, 0.2) is 158 Å². The molecule has 0 amide bonds. The van der Waals surface area contributed by atoms with Crippen LogP contribution in [0.5, 0.6) is 0 Å². The van der Waals surface area contributed by atoms with Crippen LogP contribution in [0.2, 0.25) is 0 Å². The fraction of sp³-hybridized carbons (Fsp3) is 0.123. The predicted octanol–water partition coefficient (Wildman–Crippen LogP) is 15.1. The van der Waals surface area contributed by atoms with E-state index in [0.29, 0.717) is 0 Å². The molecule has 3 aromatic heterocycles. The zero-order chi connectivity index (χ0) is 41.4. The van der Waals surface area contributed by atoms with E-state index >= 15 is 0 Å². The van der Waals surface area contributed by atoms with Gasteiger partial charge in [0.2, 0.25) is 0 Å². The minimum absolute atomic E-state index is 0.0248. The van der Waals surface area contributed by atoms with Gasteiger partial charge in [0.05, 0.1) is 21.6 Å². The van der Waals surface area contributed by atoms with Crippen molar-refractivity contribution >= 4 is 109 Å². The Morgan fingerprint density at radius 3 is 2.03 bits per heavy atom. The Morgan fingerprint density at radius 1 is 0.516 bits per heavy atom.